The van der Waals surface area contributed by atoms with Gasteiger partial charge in [0.2, 0.25) is 0 Å². The molecule has 14 heavy (non-hydrogen) atoms. The molecule has 0 unspecified atom stereocenters. The molecular formula is C10H19N3S. The first kappa shape index (κ1) is 11.4. The van der Waals surface area contributed by atoms with Crippen molar-refractivity contribution in [2.75, 3.05) is 11.5 Å². The van der Waals surface area contributed by atoms with Crippen LogP contribution in [0, 0.1) is 5.92 Å². The second-order valence-corrected chi connectivity index (χ2v) is 4.95. The van der Waals surface area contributed by atoms with Gasteiger partial charge in [-0.05, 0) is 18.1 Å². The van der Waals surface area contributed by atoms with Crippen LogP contribution in [0.15, 0.2) is 11.1 Å². The van der Waals surface area contributed by atoms with Gasteiger partial charge in [0.05, 0.1) is 0 Å². The molecule has 4 heteroatoms. The second kappa shape index (κ2) is 5.29. The van der Waals surface area contributed by atoms with Gasteiger partial charge in [-0.25, -0.2) is 4.68 Å². The summed E-state index contributed by atoms with van der Waals surface area (Å²) in [5.41, 5.74) is 5.85. The average molecular weight is 213 g/mol. The van der Waals surface area contributed by atoms with Crippen molar-refractivity contribution >= 4 is 17.6 Å². The van der Waals surface area contributed by atoms with E-state index in [-0.39, 0.29) is 0 Å². The molecule has 0 fully saturated rings. The Labute approximate surface area is 90.1 Å². The summed E-state index contributed by atoms with van der Waals surface area (Å²) in [6.45, 7) is 7.40. The Bertz CT molecular complexity index is 281. The zero-order valence-corrected chi connectivity index (χ0v) is 9.97. The number of anilines is 1. The molecule has 0 amide bonds. The van der Waals surface area contributed by atoms with Gasteiger partial charge in [0.25, 0.3) is 0 Å². The highest BCUT2D eigenvalue weighted by Gasteiger charge is 2.06. The molecule has 0 aliphatic carbocycles. The van der Waals surface area contributed by atoms with Crippen molar-refractivity contribution in [1.82, 2.24) is 9.78 Å². The SMILES string of the molecule is CCCSc1cc(N)n(CC(C)C)n1. The summed E-state index contributed by atoms with van der Waals surface area (Å²) in [7, 11) is 0. The highest BCUT2D eigenvalue weighted by Crippen LogP contribution is 2.20. The Morgan fingerprint density at radius 2 is 2.29 bits per heavy atom. The topological polar surface area (TPSA) is 43.8 Å². The van der Waals surface area contributed by atoms with Gasteiger partial charge in [0.15, 0.2) is 0 Å². The Morgan fingerprint density at radius 3 is 2.86 bits per heavy atom. The summed E-state index contributed by atoms with van der Waals surface area (Å²) in [6, 6.07) is 1.96. The highest BCUT2D eigenvalue weighted by molar-refractivity contribution is 7.99. The van der Waals surface area contributed by atoms with Crippen LogP contribution >= 0.6 is 11.8 Å². The lowest BCUT2D eigenvalue weighted by Crippen LogP contribution is -2.09. The lowest BCUT2D eigenvalue weighted by molar-refractivity contribution is 0.482. The lowest BCUT2D eigenvalue weighted by atomic mass is 10.2. The minimum atomic E-state index is 0.584. The summed E-state index contributed by atoms with van der Waals surface area (Å²) in [5.74, 6) is 2.47. The van der Waals surface area contributed by atoms with Gasteiger partial charge in [-0.3, -0.25) is 0 Å². The quantitative estimate of drug-likeness (QED) is 0.765. The smallest absolute Gasteiger partial charge is 0.122 e. The fraction of sp³-hybridized carbons (Fsp3) is 0.700. The lowest BCUT2D eigenvalue weighted by Gasteiger charge is -2.05. The molecule has 0 bridgehead atoms. The van der Waals surface area contributed by atoms with Crippen LogP contribution in [0.5, 0.6) is 0 Å². The number of nitrogens with two attached hydrogens (primary N) is 1. The second-order valence-electron chi connectivity index (χ2n) is 3.83. The Kier molecular flexibility index (Phi) is 4.32. The van der Waals surface area contributed by atoms with E-state index in [1.165, 1.54) is 6.42 Å². The zero-order valence-electron chi connectivity index (χ0n) is 9.16. The van der Waals surface area contributed by atoms with Crippen molar-refractivity contribution in [2.45, 2.75) is 38.8 Å². The van der Waals surface area contributed by atoms with Crippen LogP contribution in [0.3, 0.4) is 0 Å². The number of aromatic nitrogens is 2. The number of hydrogen-bond acceptors (Lipinski definition) is 3. The fourth-order valence-corrected chi connectivity index (χ4v) is 1.95. The molecule has 1 aromatic rings. The van der Waals surface area contributed by atoms with E-state index in [1.807, 2.05) is 10.7 Å². The van der Waals surface area contributed by atoms with Gasteiger partial charge < -0.3 is 5.73 Å². The van der Waals surface area contributed by atoms with Crippen molar-refractivity contribution < 1.29 is 0 Å². The van der Waals surface area contributed by atoms with Gasteiger partial charge in [-0.15, -0.1) is 11.8 Å². The predicted octanol–water partition coefficient (Wildman–Crippen LogP) is 2.62. The highest BCUT2D eigenvalue weighted by atomic mass is 32.2. The molecule has 0 saturated carbocycles. The van der Waals surface area contributed by atoms with Gasteiger partial charge in [0, 0.05) is 12.6 Å². The first-order valence-corrected chi connectivity index (χ1v) is 6.08. The van der Waals surface area contributed by atoms with E-state index < -0.39 is 0 Å². The first-order chi connectivity index (χ1) is 6.63. The monoisotopic (exact) mass is 213 g/mol. The van der Waals surface area contributed by atoms with Gasteiger partial charge >= 0.3 is 0 Å². The standard InChI is InChI=1S/C10H19N3S/c1-4-5-14-10-6-9(11)13(12-10)7-8(2)3/h6,8H,4-5,7,11H2,1-3H3. The normalized spacial score (nSPS) is 11.1. The molecule has 1 heterocycles. The zero-order chi connectivity index (χ0) is 10.6. The number of rotatable bonds is 5. The maximum absolute atomic E-state index is 5.85. The molecule has 0 aliphatic rings. The average Bonchev–Trinajstić information content (AvgIpc) is 2.43. The minimum absolute atomic E-state index is 0.584. The van der Waals surface area contributed by atoms with E-state index >= 15 is 0 Å². The van der Waals surface area contributed by atoms with Crippen molar-refractivity contribution in [1.29, 1.82) is 0 Å². The molecule has 0 aromatic carbocycles. The molecule has 2 N–H and O–H groups in total. The molecule has 3 nitrogen and oxygen atoms in total. The van der Waals surface area contributed by atoms with E-state index in [1.54, 1.807) is 11.8 Å². The van der Waals surface area contributed by atoms with Gasteiger partial charge in [0.1, 0.15) is 10.8 Å². The largest absolute Gasteiger partial charge is 0.384 e. The van der Waals surface area contributed by atoms with Crippen molar-refractivity contribution in [3.8, 4) is 0 Å². The summed E-state index contributed by atoms with van der Waals surface area (Å²) >= 11 is 1.77. The summed E-state index contributed by atoms with van der Waals surface area (Å²) in [5, 5.41) is 5.49. The molecule has 0 aliphatic heterocycles. The third kappa shape index (κ3) is 3.25. The Morgan fingerprint density at radius 1 is 1.57 bits per heavy atom. The van der Waals surface area contributed by atoms with E-state index in [9.17, 15) is 0 Å². The molecule has 0 spiro atoms. The number of hydrogen-bond donors (Lipinski definition) is 1. The third-order valence-electron chi connectivity index (χ3n) is 1.78. The van der Waals surface area contributed by atoms with Gasteiger partial charge in [-0.2, -0.15) is 5.10 Å². The number of nitrogens with zero attached hydrogens (tertiary/aromatic N) is 2. The van der Waals surface area contributed by atoms with Crippen LogP contribution in [0.2, 0.25) is 0 Å². The molecule has 0 atom stereocenters. The Balaban J connectivity index is 2.62. The summed E-state index contributed by atoms with van der Waals surface area (Å²) in [6.07, 6.45) is 1.17. The van der Waals surface area contributed by atoms with Crippen molar-refractivity contribution in [3.05, 3.63) is 6.07 Å². The summed E-state index contributed by atoms with van der Waals surface area (Å²) in [4.78, 5) is 0. The van der Waals surface area contributed by atoms with E-state index in [2.05, 4.69) is 25.9 Å². The van der Waals surface area contributed by atoms with E-state index in [4.69, 9.17) is 5.73 Å². The van der Waals surface area contributed by atoms with Crippen LogP contribution in [-0.2, 0) is 6.54 Å². The van der Waals surface area contributed by atoms with Gasteiger partial charge in [-0.1, -0.05) is 20.8 Å². The summed E-state index contributed by atoms with van der Waals surface area (Å²) < 4.78 is 1.89. The predicted molar refractivity (Wildman–Crippen MR) is 62.5 cm³/mol. The van der Waals surface area contributed by atoms with Crippen LogP contribution in [0.4, 0.5) is 5.82 Å². The molecular weight excluding hydrogens is 194 g/mol. The third-order valence-corrected chi connectivity index (χ3v) is 2.89. The maximum atomic E-state index is 5.85. The minimum Gasteiger partial charge on any atom is -0.384 e. The van der Waals surface area contributed by atoms with E-state index in [0.717, 1.165) is 23.1 Å². The Hall–Kier alpha value is -0.640. The molecule has 0 radical (unpaired) electrons. The van der Waals surface area contributed by atoms with Crippen LogP contribution in [-0.4, -0.2) is 15.5 Å². The molecule has 0 saturated heterocycles. The van der Waals surface area contributed by atoms with Crippen LogP contribution in [0.25, 0.3) is 0 Å². The first-order valence-electron chi connectivity index (χ1n) is 5.09. The van der Waals surface area contributed by atoms with Crippen molar-refractivity contribution in [3.63, 3.8) is 0 Å². The van der Waals surface area contributed by atoms with Crippen LogP contribution in [0.1, 0.15) is 27.2 Å². The van der Waals surface area contributed by atoms with Crippen molar-refractivity contribution in [2.24, 2.45) is 5.92 Å². The number of nitrogen functional groups attached to an aromatic ring is 1. The van der Waals surface area contributed by atoms with E-state index in [0.29, 0.717) is 5.92 Å². The molecule has 1 rings (SSSR count). The van der Waals surface area contributed by atoms with Crippen LogP contribution < -0.4 is 5.73 Å². The maximum Gasteiger partial charge on any atom is 0.122 e. The number of thioether (sulfide) groups is 1. The molecule has 80 valence electrons. The molecule has 1 aromatic heterocycles. The fourth-order valence-electron chi connectivity index (χ4n) is 1.18.